The Kier molecular flexibility index (Phi) is 3.11. The fraction of sp³-hybridized carbons (Fsp3) is 0.625. The van der Waals surface area contributed by atoms with Crippen LogP contribution in [0.25, 0.3) is 0 Å². The van der Waals surface area contributed by atoms with E-state index in [9.17, 15) is 0 Å². The Morgan fingerprint density at radius 1 is 1.55 bits per heavy atom. The average molecular weight is 154 g/mol. The predicted molar refractivity (Wildman–Crippen MR) is 43.3 cm³/mol. The van der Waals surface area contributed by atoms with E-state index in [0.717, 1.165) is 25.2 Å². The van der Waals surface area contributed by atoms with E-state index < -0.39 is 0 Å². The van der Waals surface area contributed by atoms with Crippen LogP contribution in [-0.4, -0.2) is 11.7 Å². The van der Waals surface area contributed by atoms with Crippen molar-refractivity contribution in [2.45, 2.75) is 26.8 Å². The number of fused-ring (bicyclic) bond motifs is 1. The van der Waals surface area contributed by atoms with Crippen LogP contribution in [0, 0.1) is 0 Å². The van der Waals surface area contributed by atoms with Gasteiger partial charge in [-0.2, -0.15) is 0 Å². The molecule has 0 saturated carbocycles. The van der Waals surface area contributed by atoms with E-state index in [1.165, 1.54) is 5.56 Å². The lowest BCUT2D eigenvalue weighted by Crippen LogP contribution is -2.22. The average Bonchev–Trinajstić information content (AvgIpc) is 2.55. The molecule has 3 heteroatoms. The zero-order chi connectivity index (χ0) is 8.10. The zero-order valence-electron chi connectivity index (χ0n) is 7.05. The van der Waals surface area contributed by atoms with Crippen molar-refractivity contribution in [1.29, 1.82) is 0 Å². The van der Waals surface area contributed by atoms with Gasteiger partial charge in [0.15, 0.2) is 0 Å². The van der Waals surface area contributed by atoms with Crippen LogP contribution in [-0.2, 0) is 13.0 Å². The Bertz CT molecular complexity index is 187. The molecule has 0 fully saturated rings. The summed E-state index contributed by atoms with van der Waals surface area (Å²) in [5.74, 6) is 0. The van der Waals surface area contributed by atoms with Gasteiger partial charge < -0.3 is 9.84 Å². The second kappa shape index (κ2) is 4.13. The summed E-state index contributed by atoms with van der Waals surface area (Å²) in [7, 11) is 0. The summed E-state index contributed by atoms with van der Waals surface area (Å²) in [4.78, 5) is 0. The molecule has 0 atom stereocenters. The molecule has 3 nitrogen and oxygen atoms in total. The SMILES string of the molecule is CC.c1onc2c1CCNC2. The third-order valence-electron chi connectivity index (χ3n) is 1.59. The lowest BCUT2D eigenvalue weighted by molar-refractivity contribution is 0.410. The van der Waals surface area contributed by atoms with Crippen LogP contribution in [0.2, 0.25) is 0 Å². The highest BCUT2D eigenvalue weighted by Crippen LogP contribution is 2.09. The number of rotatable bonds is 0. The smallest absolute Gasteiger partial charge is 0.127 e. The summed E-state index contributed by atoms with van der Waals surface area (Å²) in [6, 6.07) is 0. The van der Waals surface area contributed by atoms with E-state index >= 15 is 0 Å². The first-order valence-corrected chi connectivity index (χ1v) is 4.09. The Hall–Kier alpha value is -0.830. The molecule has 1 aromatic heterocycles. The standard InChI is InChI=1S/C6H8N2O.C2H6/c1-2-7-3-6-5(1)4-9-8-6;1-2/h4,7H,1-3H2;1-2H3. The number of aromatic nitrogens is 1. The molecule has 0 unspecified atom stereocenters. The van der Waals surface area contributed by atoms with Crippen molar-refractivity contribution in [3.05, 3.63) is 17.5 Å². The van der Waals surface area contributed by atoms with Gasteiger partial charge >= 0.3 is 0 Å². The molecule has 0 aliphatic carbocycles. The van der Waals surface area contributed by atoms with Gasteiger partial charge in [0.1, 0.15) is 12.0 Å². The maximum atomic E-state index is 4.78. The zero-order valence-corrected chi connectivity index (χ0v) is 7.05. The summed E-state index contributed by atoms with van der Waals surface area (Å²) < 4.78 is 4.78. The van der Waals surface area contributed by atoms with Crippen LogP contribution < -0.4 is 5.32 Å². The lowest BCUT2D eigenvalue weighted by Gasteiger charge is -2.08. The third-order valence-corrected chi connectivity index (χ3v) is 1.59. The number of nitrogens with one attached hydrogen (secondary N) is 1. The molecule has 0 aromatic carbocycles. The molecule has 0 saturated heterocycles. The molecule has 1 N–H and O–H groups in total. The minimum Gasteiger partial charge on any atom is -0.364 e. The largest absolute Gasteiger partial charge is 0.364 e. The van der Waals surface area contributed by atoms with Crippen molar-refractivity contribution in [2.24, 2.45) is 0 Å². The summed E-state index contributed by atoms with van der Waals surface area (Å²) in [6.07, 6.45) is 2.79. The lowest BCUT2D eigenvalue weighted by atomic mass is 10.1. The van der Waals surface area contributed by atoms with Crippen molar-refractivity contribution >= 4 is 0 Å². The number of hydrogen-bond donors (Lipinski definition) is 1. The van der Waals surface area contributed by atoms with Gasteiger partial charge in [-0.05, 0) is 13.0 Å². The van der Waals surface area contributed by atoms with Gasteiger partial charge in [-0.15, -0.1) is 0 Å². The molecule has 1 aliphatic heterocycles. The third kappa shape index (κ3) is 1.80. The van der Waals surface area contributed by atoms with Crippen molar-refractivity contribution in [3.63, 3.8) is 0 Å². The second-order valence-electron chi connectivity index (χ2n) is 2.21. The normalized spacial score (nSPS) is 14.7. The van der Waals surface area contributed by atoms with E-state index in [1.54, 1.807) is 6.26 Å². The first-order chi connectivity index (χ1) is 5.47. The van der Waals surface area contributed by atoms with E-state index in [4.69, 9.17) is 4.52 Å². The summed E-state index contributed by atoms with van der Waals surface area (Å²) >= 11 is 0. The molecule has 0 bridgehead atoms. The van der Waals surface area contributed by atoms with Gasteiger partial charge in [0.05, 0.1) is 0 Å². The first-order valence-electron chi connectivity index (χ1n) is 4.09. The first kappa shape index (κ1) is 8.27. The van der Waals surface area contributed by atoms with Crippen molar-refractivity contribution in [2.75, 3.05) is 6.54 Å². The fourth-order valence-electron chi connectivity index (χ4n) is 1.06. The van der Waals surface area contributed by atoms with E-state index in [0.29, 0.717) is 0 Å². The number of hydrogen-bond acceptors (Lipinski definition) is 3. The molecular formula is C8H14N2O. The highest BCUT2D eigenvalue weighted by atomic mass is 16.5. The van der Waals surface area contributed by atoms with Crippen molar-refractivity contribution in [3.8, 4) is 0 Å². The van der Waals surface area contributed by atoms with Gasteiger partial charge in [0.2, 0.25) is 0 Å². The topological polar surface area (TPSA) is 38.1 Å². The van der Waals surface area contributed by atoms with Crippen LogP contribution in [0.3, 0.4) is 0 Å². The van der Waals surface area contributed by atoms with E-state index in [1.807, 2.05) is 13.8 Å². The highest BCUT2D eigenvalue weighted by Gasteiger charge is 2.10. The Morgan fingerprint density at radius 3 is 3.09 bits per heavy atom. The van der Waals surface area contributed by atoms with Gasteiger partial charge in [-0.25, -0.2) is 0 Å². The van der Waals surface area contributed by atoms with Crippen molar-refractivity contribution < 1.29 is 4.52 Å². The molecule has 2 rings (SSSR count). The molecule has 0 radical (unpaired) electrons. The maximum absolute atomic E-state index is 4.78. The molecule has 0 spiro atoms. The maximum Gasteiger partial charge on any atom is 0.127 e. The number of nitrogens with zero attached hydrogens (tertiary/aromatic N) is 1. The van der Waals surface area contributed by atoms with E-state index in [-0.39, 0.29) is 0 Å². The van der Waals surface area contributed by atoms with Crippen LogP contribution >= 0.6 is 0 Å². The van der Waals surface area contributed by atoms with E-state index in [2.05, 4.69) is 10.5 Å². The molecular weight excluding hydrogens is 140 g/mol. The van der Waals surface area contributed by atoms with Gasteiger partial charge in [-0.1, -0.05) is 19.0 Å². The van der Waals surface area contributed by atoms with Gasteiger partial charge in [0.25, 0.3) is 0 Å². The van der Waals surface area contributed by atoms with Crippen LogP contribution in [0.15, 0.2) is 10.8 Å². The predicted octanol–water partition coefficient (Wildman–Crippen LogP) is 1.35. The van der Waals surface area contributed by atoms with Crippen LogP contribution in [0.5, 0.6) is 0 Å². The Labute approximate surface area is 66.8 Å². The summed E-state index contributed by atoms with van der Waals surface area (Å²) in [6.45, 7) is 5.92. The Morgan fingerprint density at radius 2 is 2.36 bits per heavy atom. The molecule has 2 heterocycles. The van der Waals surface area contributed by atoms with Crippen LogP contribution in [0.4, 0.5) is 0 Å². The fourth-order valence-corrected chi connectivity index (χ4v) is 1.06. The second-order valence-corrected chi connectivity index (χ2v) is 2.21. The van der Waals surface area contributed by atoms with Crippen LogP contribution in [0.1, 0.15) is 25.1 Å². The molecule has 1 aromatic rings. The van der Waals surface area contributed by atoms with Crippen molar-refractivity contribution in [1.82, 2.24) is 10.5 Å². The summed E-state index contributed by atoms with van der Waals surface area (Å²) in [5.41, 5.74) is 2.33. The minimum absolute atomic E-state index is 0.867. The van der Waals surface area contributed by atoms with Gasteiger partial charge in [0, 0.05) is 12.1 Å². The monoisotopic (exact) mass is 154 g/mol. The highest BCUT2D eigenvalue weighted by molar-refractivity contribution is 5.16. The summed E-state index contributed by atoms with van der Waals surface area (Å²) in [5, 5.41) is 7.02. The Balaban J connectivity index is 0.000000281. The molecule has 11 heavy (non-hydrogen) atoms. The molecule has 1 aliphatic rings. The van der Waals surface area contributed by atoms with Gasteiger partial charge in [-0.3, -0.25) is 0 Å². The minimum atomic E-state index is 0.867. The quantitative estimate of drug-likeness (QED) is 0.613. The molecule has 62 valence electrons. The molecule has 0 amide bonds.